The van der Waals surface area contributed by atoms with Crippen LogP contribution in [0.1, 0.15) is 45.4 Å². The van der Waals surface area contributed by atoms with Crippen molar-refractivity contribution in [1.29, 1.82) is 0 Å². The van der Waals surface area contributed by atoms with Crippen LogP contribution >= 0.6 is 24.0 Å². The van der Waals surface area contributed by atoms with Crippen molar-refractivity contribution in [3.05, 3.63) is 0 Å². The normalized spacial score (nSPS) is 43.0. The predicted octanol–water partition coefficient (Wildman–Crippen LogP) is 2.53. The summed E-state index contributed by atoms with van der Waals surface area (Å²) < 4.78 is 6.05. The van der Waals surface area contributed by atoms with Crippen molar-refractivity contribution in [3.63, 3.8) is 0 Å². The minimum atomic E-state index is 0. The fourth-order valence-electron chi connectivity index (χ4n) is 4.92. The highest BCUT2D eigenvalue weighted by Gasteiger charge is 2.65. The molecule has 0 amide bonds. The van der Waals surface area contributed by atoms with E-state index in [0.29, 0.717) is 29.5 Å². The summed E-state index contributed by atoms with van der Waals surface area (Å²) in [5.74, 6) is 2.53. The number of fused-ring (bicyclic) bond motifs is 2. The number of aliphatic imine (C=N–C) groups is 1. The van der Waals surface area contributed by atoms with Crippen LogP contribution in [0.3, 0.4) is 0 Å². The Labute approximate surface area is 144 Å². The maximum Gasteiger partial charge on any atom is 0.191 e. The van der Waals surface area contributed by atoms with E-state index in [4.69, 9.17) is 4.74 Å². The van der Waals surface area contributed by atoms with E-state index in [1.807, 2.05) is 7.05 Å². The van der Waals surface area contributed by atoms with Crippen LogP contribution in [0.2, 0.25) is 0 Å². The molecule has 0 aromatic carbocycles. The highest BCUT2D eigenvalue weighted by atomic mass is 127. The van der Waals surface area contributed by atoms with Gasteiger partial charge in [0.1, 0.15) is 0 Å². The van der Waals surface area contributed by atoms with Crippen LogP contribution in [0.15, 0.2) is 4.99 Å². The number of ether oxygens (including phenoxy) is 1. The molecule has 1 aliphatic heterocycles. The number of hydrogen-bond donors (Lipinski definition) is 2. The third-order valence-electron chi connectivity index (χ3n) is 6.23. The summed E-state index contributed by atoms with van der Waals surface area (Å²) in [4.78, 5) is 4.45. The van der Waals surface area contributed by atoms with E-state index in [-0.39, 0.29) is 24.0 Å². The van der Waals surface area contributed by atoms with E-state index < -0.39 is 0 Å². The molecule has 0 radical (unpaired) electrons. The summed E-state index contributed by atoms with van der Waals surface area (Å²) in [5, 5.41) is 7.33. The molecule has 21 heavy (non-hydrogen) atoms. The molecule has 1 saturated heterocycles. The summed E-state index contributed by atoms with van der Waals surface area (Å²) in [7, 11) is 1.89. The lowest BCUT2D eigenvalue weighted by Crippen LogP contribution is -2.69. The minimum absolute atomic E-state index is 0. The van der Waals surface area contributed by atoms with Gasteiger partial charge in [-0.1, -0.05) is 19.8 Å². The first kappa shape index (κ1) is 15.8. The number of rotatable bonds is 2. The summed E-state index contributed by atoms with van der Waals surface area (Å²) in [5.41, 5.74) is 0.411. The van der Waals surface area contributed by atoms with Crippen molar-refractivity contribution in [1.82, 2.24) is 10.6 Å². The van der Waals surface area contributed by atoms with Gasteiger partial charge in [-0.2, -0.15) is 0 Å². The van der Waals surface area contributed by atoms with Gasteiger partial charge in [0.25, 0.3) is 0 Å². The number of nitrogens with one attached hydrogen (secondary N) is 2. The zero-order valence-corrected chi connectivity index (χ0v) is 15.4. The van der Waals surface area contributed by atoms with E-state index in [0.717, 1.165) is 18.5 Å². The molecular formula is C16H28IN3O. The molecular weight excluding hydrogens is 377 g/mol. The number of nitrogens with zero attached hydrogens (tertiary/aromatic N) is 1. The van der Waals surface area contributed by atoms with Gasteiger partial charge in [0.2, 0.25) is 0 Å². The van der Waals surface area contributed by atoms with E-state index in [1.54, 1.807) is 0 Å². The molecule has 2 N–H and O–H groups in total. The van der Waals surface area contributed by atoms with Gasteiger partial charge in [-0.3, -0.25) is 4.99 Å². The Morgan fingerprint density at radius 1 is 1.24 bits per heavy atom. The lowest BCUT2D eigenvalue weighted by Gasteiger charge is -2.57. The lowest BCUT2D eigenvalue weighted by molar-refractivity contribution is -0.125. The monoisotopic (exact) mass is 405 g/mol. The van der Waals surface area contributed by atoms with Gasteiger partial charge < -0.3 is 15.4 Å². The molecule has 0 bridgehead atoms. The molecule has 0 aromatic heterocycles. The second-order valence-corrected chi connectivity index (χ2v) is 7.34. The van der Waals surface area contributed by atoms with E-state index in [2.05, 4.69) is 22.5 Å². The zero-order valence-electron chi connectivity index (χ0n) is 13.1. The molecule has 5 unspecified atom stereocenters. The first-order valence-electron chi connectivity index (χ1n) is 8.36. The minimum Gasteiger partial charge on any atom is -0.377 e. The summed E-state index contributed by atoms with van der Waals surface area (Å²) in [6.45, 7) is 3.26. The van der Waals surface area contributed by atoms with Crippen LogP contribution in [-0.2, 0) is 4.74 Å². The average molecular weight is 405 g/mol. The Bertz CT molecular complexity index is 422. The van der Waals surface area contributed by atoms with E-state index in [9.17, 15) is 0 Å². The van der Waals surface area contributed by atoms with Crippen LogP contribution in [0.5, 0.6) is 0 Å². The molecule has 5 heteroatoms. The van der Waals surface area contributed by atoms with E-state index >= 15 is 0 Å². The SMILES string of the molecule is CN=C(NC1CC1C)NC1C2CCOC2C12CCCC2.I. The standard InChI is InChI=1S/C16H27N3O.HI/c1-10-9-12(10)18-15(17-2)19-13-11-5-8-20-14(11)16(13)6-3-4-7-16;/h10-14H,3-9H2,1-2H3,(H2,17,18,19);1H. The maximum atomic E-state index is 6.05. The highest BCUT2D eigenvalue weighted by Crippen LogP contribution is 2.60. The van der Waals surface area contributed by atoms with Crippen LogP contribution in [0.4, 0.5) is 0 Å². The van der Waals surface area contributed by atoms with Gasteiger partial charge in [-0.15, -0.1) is 24.0 Å². The molecule has 3 aliphatic carbocycles. The number of hydrogen-bond acceptors (Lipinski definition) is 2. The predicted molar refractivity (Wildman–Crippen MR) is 95.2 cm³/mol. The van der Waals surface area contributed by atoms with Gasteiger partial charge in [-0.05, 0) is 31.6 Å². The Kier molecular flexibility index (Phi) is 4.43. The molecule has 5 atom stereocenters. The molecule has 4 fully saturated rings. The Balaban J connectivity index is 0.00000132. The van der Waals surface area contributed by atoms with Gasteiger partial charge in [0, 0.05) is 37.1 Å². The first-order chi connectivity index (χ1) is 9.74. The Morgan fingerprint density at radius 3 is 2.57 bits per heavy atom. The molecule has 3 saturated carbocycles. The van der Waals surface area contributed by atoms with Crippen molar-refractivity contribution in [3.8, 4) is 0 Å². The molecule has 4 rings (SSSR count). The van der Waals surface area contributed by atoms with Gasteiger partial charge in [0.15, 0.2) is 5.96 Å². The van der Waals surface area contributed by atoms with Gasteiger partial charge in [-0.25, -0.2) is 0 Å². The van der Waals surface area contributed by atoms with Crippen molar-refractivity contribution >= 4 is 29.9 Å². The number of guanidine groups is 1. The van der Waals surface area contributed by atoms with Crippen molar-refractivity contribution in [2.45, 2.75) is 63.6 Å². The molecule has 4 nitrogen and oxygen atoms in total. The highest BCUT2D eigenvalue weighted by molar-refractivity contribution is 14.0. The van der Waals surface area contributed by atoms with Crippen LogP contribution in [0.25, 0.3) is 0 Å². The number of halogens is 1. The quantitative estimate of drug-likeness (QED) is 0.422. The third-order valence-corrected chi connectivity index (χ3v) is 6.23. The Hall–Kier alpha value is -0.0400. The molecule has 0 aromatic rings. The van der Waals surface area contributed by atoms with Crippen LogP contribution in [0, 0.1) is 17.3 Å². The van der Waals surface area contributed by atoms with Crippen molar-refractivity contribution in [2.75, 3.05) is 13.7 Å². The lowest BCUT2D eigenvalue weighted by atomic mass is 9.54. The largest absolute Gasteiger partial charge is 0.377 e. The fraction of sp³-hybridized carbons (Fsp3) is 0.938. The van der Waals surface area contributed by atoms with Crippen LogP contribution in [-0.4, -0.2) is 37.8 Å². The summed E-state index contributed by atoms with van der Waals surface area (Å²) in [6, 6.07) is 1.22. The van der Waals surface area contributed by atoms with Crippen molar-refractivity contribution < 1.29 is 4.74 Å². The van der Waals surface area contributed by atoms with Crippen molar-refractivity contribution in [2.24, 2.45) is 22.2 Å². The van der Waals surface area contributed by atoms with Crippen LogP contribution < -0.4 is 10.6 Å². The second kappa shape index (κ2) is 5.87. The first-order valence-corrected chi connectivity index (χ1v) is 8.36. The molecule has 4 aliphatic rings. The molecule has 1 spiro atoms. The maximum absolute atomic E-state index is 6.05. The van der Waals surface area contributed by atoms with Gasteiger partial charge >= 0.3 is 0 Å². The zero-order chi connectivity index (χ0) is 13.7. The summed E-state index contributed by atoms with van der Waals surface area (Å²) >= 11 is 0. The smallest absolute Gasteiger partial charge is 0.191 e. The molecule has 120 valence electrons. The Morgan fingerprint density at radius 2 is 1.95 bits per heavy atom. The second-order valence-electron chi connectivity index (χ2n) is 7.34. The van der Waals surface area contributed by atoms with Gasteiger partial charge in [0.05, 0.1) is 6.10 Å². The topological polar surface area (TPSA) is 45.7 Å². The summed E-state index contributed by atoms with van der Waals surface area (Å²) in [6.07, 6.45) is 8.45. The average Bonchev–Trinajstić information content (AvgIpc) is 2.92. The third kappa shape index (κ3) is 2.48. The van der Waals surface area contributed by atoms with E-state index in [1.165, 1.54) is 38.5 Å². The fourth-order valence-corrected chi connectivity index (χ4v) is 4.92. The molecule has 1 heterocycles.